The number of nitrogens with one attached hydrogen (secondary N) is 2. The van der Waals surface area contributed by atoms with Crippen LogP contribution >= 0.6 is 0 Å². The molecule has 4 amide bonds. The number of hydrogen-bond donors (Lipinski definition) is 3. The van der Waals surface area contributed by atoms with E-state index in [-0.39, 0.29) is 17.2 Å². The van der Waals surface area contributed by atoms with E-state index < -0.39 is 12.1 Å². The maximum atomic E-state index is 12.6. The fourth-order valence-electron chi connectivity index (χ4n) is 2.94. The number of amides is 4. The number of carbonyl (C=O) groups is 3. The summed E-state index contributed by atoms with van der Waals surface area (Å²) in [5, 5.41) is 5.28. The maximum absolute atomic E-state index is 12.6. The quantitative estimate of drug-likeness (QED) is 0.780. The molecule has 1 atom stereocenters. The zero-order valence-corrected chi connectivity index (χ0v) is 15.0. The van der Waals surface area contributed by atoms with Crippen LogP contribution in [-0.4, -0.2) is 35.3 Å². The van der Waals surface area contributed by atoms with Crippen molar-refractivity contribution in [3.63, 3.8) is 0 Å². The lowest BCUT2D eigenvalue weighted by atomic mass is 9.91. The third kappa shape index (κ3) is 5.48. The Morgan fingerprint density at radius 2 is 1.84 bits per heavy atom. The van der Waals surface area contributed by atoms with Crippen molar-refractivity contribution in [2.45, 2.75) is 46.1 Å². The van der Waals surface area contributed by atoms with E-state index in [4.69, 9.17) is 5.73 Å². The van der Waals surface area contributed by atoms with Crippen LogP contribution in [0.2, 0.25) is 0 Å². The standard InChI is InChI=1S/C18H26N4O3/c1-18(2,3)11-15(23)22-9-5-8-14(22)16(24)20-12-6-4-7-13(10-12)21-17(19)25/h4,6-7,10,14H,5,8-9,11H2,1-3H3,(H,20,24)(H3,19,21,25). The van der Waals surface area contributed by atoms with Gasteiger partial charge in [0.1, 0.15) is 6.04 Å². The molecule has 0 radical (unpaired) electrons. The molecule has 1 aliphatic heterocycles. The molecule has 0 aromatic heterocycles. The number of nitrogens with two attached hydrogens (primary N) is 1. The molecule has 1 aliphatic rings. The molecule has 4 N–H and O–H groups in total. The molecule has 7 heteroatoms. The highest BCUT2D eigenvalue weighted by molar-refractivity contribution is 5.98. The number of primary amides is 1. The number of benzene rings is 1. The number of nitrogens with zero attached hydrogens (tertiary/aromatic N) is 1. The molecule has 1 unspecified atom stereocenters. The largest absolute Gasteiger partial charge is 0.351 e. The molecule has 0 bridgehead atoms. The molecule has 1 saturated heterocycles. The second-order valence-electron chi connectivity index (χ2n) is 7.54. The summed E-state index contributed by atoms with van der Waals surface area (Å²) in [6.07, 6.45) is 1.88. The van der Waals surface area contributed by atoms with Crippen LogP contribution < -0.4 is 16.4 Å². The van der Waals surface area contributed by atoms with Gasteiger partial charge < -0.3 is 21.3 Å². The van der Waals surface area contributed by atoms with Crippen LogP contribution in [-0.2, 0) is 9.59 Å². The van der Waals surface area contributed by atoms with Crippen molar-refractivity contribution in [3.8, 4) is 0 Å². The molecular weight excluding hydrogens is 320 g/mol. The van der Waals surface area contributed by atoms with Gasteiger partial charge in [-0.05, 0) is 36.5 Å². The van der Waals surface area contributed by atoms with Gasteiger partial charge in [0.05, 0.1) is 0 Å². The summed E-state index contributed by atoms with van der Waals surface area (Å²) in [6, 6.07) is 5.60. The normalized spacial score (nSPS) is 17.2. The van der Waals surface area contributed by atoms with E-state index >= 15 is 0 Å². The van der Waals surface area contributed by atoms with Crippen LogP contribution in [0, 0.1) is 5.41 Å². The van der Waals surface area contributed by atoms with Gasteiger partial charge in [-0.15, -0.1) is 0 Å². The smallest absolute Gasteiger partial charge is 0.316 e. The van der Waals surface area contributed by atoms with Crippen molar-refractivity contribution in [3.05, 3.63) is 24.3 Å². The number of hydrogen-bond acceptors (Lipinski definition) is 3. The summed E-state index contributed by atoms with van der Waals surface area (Å²) in [5.74, 6) is -0.203. The van der Waals surface area contributed by atoms with Crippen LogP contribution in [0.25, 0.3) is 0 Å². The van der Waals surface area contributed by atoms with Crippen molar-refractivity contribution >= 4 is 29.2 Å². The third-order valence-electron chi connectivity index (χ3n) is 3.95. The lowest BCUT2D eigenvalue weighted by Gasteiger charge is -2.27. The number of carbonyl (C=O) groups excluding carboxylic acids is 3. The van der Waals surface area contributed by atoms with Crippen LogP contribution in [0.15, 0.2) is 24.3 Å². The first-order valence-electron chi connectivity index (χ1n) is 8.42. The van der Waals surface area contributed by atoms with Crippen molar-refractivity contribution in [2.24, 2.45) is 11.1 Å². The molecule has 1 aromatic rings. The highest BCUT2D eigenvalue weighted by Gasteiger charge is 2.35. The van der Waals surface area contributed by atoms with Gasteiger partial charge in [0.2, 0.25) is 11.8 Å². The fourth-order valence-corrected chi connectivity index (χ4v) is 2.94. The minimum absolute atomic E-state index is 0.00861. The van der Waals surface area contributed by atoms with E-state index in [2.05, 4.69) is 10.6 Å². The Kier molecular flexibility index (Phi) is 5.66. The first kappa shape index (κ1) is 18.8. The lowest BCUT2D eigenvalue weighted by molar-refractivity contribution is -0.138. The number of likely N-dealkylation sites (tertiary alicyclic amines) is 1. The molecule has 1 aromatic carbocycles. The Bertz CT molecular complexity index is 667. The van der Waals surface area contributed by atoms with Gasteiger partial charge in [0, 0.05) is 24.3 Å². The number of anilines is 2. The van der Waals surface area contributed by atoms with Gasteiger partial charge in [0.25, 0.3) is 0 Å². The van der Waals surface area contributed by atoms with Gasteiger partial charge in [-0.3, -0.25) is 9.59 Å². The summed E-state index contributed by atoms with van der Waals surface area (Å²) >= 11 is 0. The van der Waals surface area contributed by atoms with Crippen molar-refractivity contribution < 1.29 is 14.4 Å². The Hall–Kier alpha value is -2.57. The van der Waals surface area contributed by atoms with Crippen LogP contribution in [0.1, 0.15) is 40.0 Å². The zero-order valence-electron chi connectivity index (χ0n) is 15.0. The van der Waals surface area contributed by atoms with E-state index in [9.17, 15) is 14.4 Å². The van der Waals surface area contributed by atoms with Gasteiger partial charge >= 0.3 is 6.03 Å². The Morgan fingerprint density at radius 1 is 1.20 bits per heavy atom. The van der Waals surface area contributed by atoms with Crippen molar-refractivity contribution in [1.29, 1.82) is 0 Å². The second kappa shape index (κ2) is 7.55. The number of urea groups is 1. The molecule has 136 valence electrons. The Morgan fingerprint density at radius 3 is 2.44 bits per heavy atom. The minimum atomic E-state index is -0.668. The summed E-state index contributed by atoms with van der Waals surface area (Å²) in [7, 11) is 0. The van der Waals surface area contributed by atoms with E-state index in [0.717, 1.165) is 6.42 Å². The van der Waals surface area contributed by atoms with Gasteiger partial charge in [-0.25, -0.2) is 4.79 Å². The molecule has 0 aliphatic carbocycles. The van der Waals surface area contributed by atoms with E-state index in [1.165, 1.54) is 0 Å². The fraction of sp³-hybridized carbons (Fsp3) is 0.500. The predicted molar refractivity (Wildman–Crippen MR) is 97.1 cm³/mol. The molecular formula is C18H26N4O3. The lowest BCUT2D eigenvalue weighted by Crippen LogP contribution is -2.44. The zero-order chi connectivity index (χ0) is 18.6. The van der Waals surface area contributed by atoms with E-state index in [1.807, 2.05) is 20.8 Å². The highest BCUT2D eigenvalue weighted by Crippen LogP contribution is 2.25. The monoisotopic (exact) mass is 346 g/mol. The second-order valence-corrected chi connectivity index (χ2v) is 7.54. The first-order chi connectivity index (χ1) is 11.7. The van der Waals surface area contributed by atoms with Crippen LogP contribution in [0.5, 0.6) is 0 Å². The molecule has 25 heavy (non-hydrogen) atoms. The average Bonchev–Trinajstić information content (AvgIpc) is 2.94. The predicted octanol–water partition coefficient (Wildman–Crippen LogP) is 2.54. The summed E-state index contributed by atoms with van der Waals surface area (Å²) in [4.78, 5) is 37.7. The molecule has 7 nitrogen and oxygen atoms in total. The molecule has 0 spiro atoms. The molecule has 1 heterocycles. The third-order valence-corrected chi connectivity index (χ3v) is 3.95. The topological polar surface area (TPSA) is 105 Å². The Labute approximate surface area is 147 Å². The van der Waals surface area contributed by atoms with Crippen LogP contribution in [0.3, 0.4) is 0 Å². The van der Waals surface area contributed by atoms with Crippen molar-refractivity contribution in [2.75, 3.05) is 17.2 Å². The molecule has 1 fully saturated rings. The van der Waals surface area contributed by atoms with Gasteiger partial charge in [-0.2, -0.15) is 0 Å². The van der Waals surface area contributed by atoms with E-state index in [1.54, 1.807) is 29.2 Å². The van der Waals surface area contributed by atoms with E-state index in [0.29, 0.717) is 30.8 Å². The summed E-state index contributed by atoms with van der Waals surface area (Å²) in [5.41, 5.74) is 6.03. The summed E-state index contributed by atoms with van der Waals surface area (Å²) < 4.78 is 0. The SMILES string of the molecule is CC(C)(C)CC(=O)N1CCCC1C(=O)Nc1cccc(NC(N)=O)c1. The van der Waals surface area contributed by atoms with Crippen LogP contribution in [0.4, 0.5) is 16.2 Å². The van der Waals surface area contributed by atoms with Crippen molar-refractivity contribution in [1.82, 2.24) is 4.90 Å². The first-order valence-corrected chi connectivity index (χ1v) is 8.42. The highest BCUT2D eigenvalue weighted by atomic mass is 16.2. The average molecular weight is 346 g/mol. The molecule has 0 saturated carbocycles. The van der Waals surface area contributed by atoms with Gasteiger partial charge in [0.15, 0.2) is 0 Å². The minimum Gasteiger partial charge on any atom is -0.351 e. The summed E-state index contributed by atoms with van der Waals surface area (Å²) in [6.45, 7) is 6.63. The number of rotatable bonds is 4. The Balaban J connectivity index is 2.04. The maximum Gasteiger partial charge on any atom is 0.316 e. The van der Waals surface area contributed by atoms with Gasteiger partial charge in [-0.1, -0.05) is 26.8 Å². The molecule has 2 rings (SSSR count).